The lowest BCUT2D eigenvalue weighted by atomic mass is 10.0. The highest BCUT2D eigenvalue weighted by molar-refractivity contribution is 5.78. The molecule has 2 atom stereocenters. The third kappa shape index (κ3) is 4.01. The predicted octanol–water partition coefficient (Wildman–Crippen LogP) is 3.24. The molecule has 1 saturated heterocycles. The smallest absolute Gasteiger partial charge is 0.341 e. The highest BCUT2D eigenvalue weighted by Crippen LogP contribution is 2.31. The number of hydrogen-bond donors (Lipinski definition) is 0. The van der Waals surface area contributed by atoms with Gasteiger partial charge in [-0.25, -0.2) is 23.6 Å². The fraction of sp³-hybridized carbons (Fsp3) is 0.300. The molecule has 0 radical (unpaired) electrons. The Morgan fingerprint density at radius 2 is 2.03 bits per heavy atom. The van der Waals surface area contributed by atoms with Gasteiger partial charge in [0.05, 0.1) is 12.6 Å². The van der Waals surface area contributed by atoms with Crippen LogP contribution in [0.1, 0.15) is 30.1 Å². The van der Waals surface area contributed by atoms with Crippen molar-refractivity contribution in [2.45, 2.75) is 25.0 Å². The minimum atomic E-state index is -0.692. The number of rotatable bonds is 3. The maximum Gasteiger partial charge on any atom is 0.341 e. The van der Waals surface area contributed by atoms with E-state index in [0.717, 1.165) is 6.07 Å². The molecule has 1 aromatic heterocycles. The zero-order valence-electron chi connectivity index (χ0n) is 15.3. The maximum absolute atomic E-state index is 13.6. The van der Waals surface area contributed by atoms with E-state index in [9.17, 15) is 13.6 Å². The SMILES string of the molecule is N#Cc1cc(OC2CCN(C(=O)N3N=CCC3c3cc(F)cc(F)c3)C2)ccn1. The molecule has 1 aromatic carbocycles. The summed E-state index contributed by atoms with van der Waals surface area (Å²) in [5, 5.41) is 14.3. The van der Waals surface area contributed by atoms with Gasteiger partial charge in [-0.3, -0.25) is 0 Å². The molecule has 148 valence electrons. The number of carbonyl (C=O) groups excluding carboxylic acids is 1. The molecular formula is C20H17F2N5O2. The molecular weight excluding hydrogens is 380 g/mol. The summed E-state index contributed by atoms with van der Waals surface area (Å²) in [6.45, 7) is 0.815. The number of amides is 2. The van der Waals surface area contributed by atoms with Crippen molar-refractivity contribution in [2.75, 3.05) is 13.1 Å². The molecule has 2 aliphatic rings. The summed E-state index contributed by atoms with van der Waals surface area (Å²) in [5.41, 5.74) is 0.617. The fourth-order valence-corrected chi connectivity index (χ4v) is 3.52. The van der Waals surface area contributed by atoms with Gasteiger partial charge in [0.25, 0.3) is 0 Å². The van der Waals surface area contributed by atoms with Crippen LogP contribution in [0.3, 0.4) is 0 Å². The number of hydrazone groups is 1. The van der Waals surface area contributed by atoms with Crippen LogP contribution in [0.2, 0.25) is 0 Å². The van der Waals surface area contributed by atoms with E-state index in [2.05, 4.69) is 10.1 Å². The van der Waals surface area contributed by atoms with Crippen molar-refractivity contribution in [3.63, 3.8) is 0 Å². The molecule has 0 aliphatic carbocycles. The van der Waals surface area contributed by atoms with Crippen LogP contribution in [0, 0.1) is 23.0 Å². The maximum atomic E-state index is 13.6. The van der Waals surface area contributed by atoms with Gasteiger partial charge in [-0.15, -0.1) is 0 Å². The number of likely N-dealkylation sites (tertiary alicyclic amines) is 1. The van der Waals surface area contributed by atoms with Crippen LogP contribution in [-0.4, -0.2) is 46.3 Å². The number of hydrogen-bond acceptors (Lipinski definition) is 5. The lowest BCUT2D eigenvalue weighted by Crippen LogP contribution is -2.40. The molecule has 2 unspecified atom stereocenters. The zero-order chi connectivity index (χ0) is 20.4. The molecule has 0 N–H and O–H groups in total. The van der Waals surface area contributed by atoms with E-state index in [1.54, 1.807) is 23.2 Å². The first-order valence-electron chi connectivity index (χ1n) is 9.13. The Morgan fingerprint density at radius 3 is 2.79 bits per heavy atom. The molecule has 2 aromatic rings. The Balaban J connectivity index is 1.43. The first-order valence-corrected chi connectivity index (χ1v) is 9.13. The molecule has 3 heterocycles. The van der Waals surface area contributed by atoms with Gasteiger partial charge < -0.3 is 9.64 Å². The van der Waals surface area contributed by atoms with Crippen molar-refractivity contribution in [2.24, 2.45) is 5.10 Å². The Morgan fingerprint density at radius 1 is 1.24 bits per heavy atom. The van der Waals surface area contributed by atoms with E-state index >= 15 is 0 Å². The van der Waals surface area contributed by atoms with E-state index in [0.29, 0.717) is 37.2 Å². The largest absolute Gasteiger partial charge is 0.488 e. The Bertz CT molecular complexity index is 986. The summed E-state index contributed by atoms with van der Waals surface area (Å²) in [6.07, 6.45) is 3.83. The van der Waals surface area contributed by atoms with Crippen molar-refractivity contribution in [3.05, 3.63) is 59.4 Å². The highest BCUT2D eigenvalue weighted by atomic mass is 19.1. The van der Waals surface area contributed by atoms with Crippen LogP contribution < -0.4 is 4.74 Å². The Hall–Kier alpha value is -3.54. The summed E-state index contributed by atoms with van der Waals surface area (Å²) in [6, 6.07) is 7.50. The zero-order valence-corrected chi connectivity index (χ0v) is 15.3. The predicted molar refractivity (Wildman–Crippen MR) is 99.0 cm³/mol. The van der Waals surface area contributed by atoms with Crippen LogP contribution in [0.4, 0.5) is 13.6 Å². The second kappa shape index (κ2) is 7.83. The molecule has 2 aliphatic heterocycles. The first kappa shape index (κ1) is 18.8. The number of nitrogens with zero attached hydrogens (tertiary/aromatic N) is 5. The quantitative estimate of drug-likeness (QED) is 0.796. The van der Waals surface area contributed by atoms with E-state index in [1.807, 2.05) is 6.07 Å². The van der Waals surface area contributed by atoms with Crippen LogP contribution >= 0.6 is 0 Å². The molecule has 7 nitrogen and oxygen atoms in total. The first-order chi connectivity index (χ1) is 14.0. The third-order valence-corrected chi connectivity index (χ3v) is 4.86. The second-order valence-electron chi connectivity index (χ2n) is 6.84. The van der Waals surface area contributed by atoms with E-state index in [1.165, 1.54) is 23.3 Å². The molecule has 0 bridgehead atoms. The van der Waals surface area contributed by atoms with Gasteiger partial charge in [0.1, 0.15) is 35.3 Å². The average molecular weight is 397 g/mol. The minimum absolute atomic E-state index is 0.232. The number of carbonyl (C=O) groups is 1. The summed E-state index contributed by atoms with van der Waals surface area (Å²) in [4.78, 5) is 18.4. The molecule has 9 heteroatoms. The molecule has 2 amide bonds. The van der Waals surface area contributed by atoms with Crippen LogP contribution in [0.15, 0.2) is 41.6 Å². The fourth-order valence-electron chi connectivity index (χ4n) is 3.52. The van der Waals surface area contributed by atoms with Crippen molar-refractivity contribution in [1.82, 2.24) is 14.9 Å². The van der Waals surface area contributed by atoms with Gasteiger partial charge in [0, 0.05) is 43.9 Å². The Kier molecular flexibility index (Phi) is 5.08. The van der Waals surface area contributed by atoms with Gasteiger partial charge in [-0.2, -0.15) is 10.4 Å². The second-order valence-corrected chi connectivity index (χ2v) is 6.84. The van der Waals surface area contributed by atoms with Gasteiger partial charge >= 0.3 is 6.03 Å². The number of pyridine rings is 1. The standard InChI is InChI=1S/C20H17F2N5O2/c21-14-7-13(8-15(22)9-14)19-2-5-25-27(19)20(28)26-6-3-18(12-26)29-17-1-4-24-16(10-17)11-23/h1,4-5,7-10,18-19H,2-3,6,12H2. The number of urea groups is 1. The molecule has 0 spiro atoms. The summed E-state index contributed by atoms with van der Waals surface area (Å²) < 4.78 is 33.0. The molecule has 0 saturated carbocycles. The summed E-state index contributed by atoms with van der Waals surface area (Å²) >= 11 is 0. The van der Waals surface area contributed by atoms with E-state index in [-0.39, 0.29) is 17.8 Å². The van der Waals surface area contributed by atoms with Gasteiger partial charge in [-0.05, 0) is 23.8 Å². The molecule has 29 heavy (non-hydrogen) atoms. The number of ether oxygens (including phenoxy) is 1. The number of aromatic nitrogens is 1. The monoisotopic (exact) mass is 397 g/mol. The van der Waals surface area contributed by atoms with Gasteiger partial charge in [0.15, 0.2) is 0 Å². The highest BCUT2D eigenvalue weighted by Gasteiger charge is 2.36. The lowest BCUT2D eigenvalue weighted by molar-refractivity contribution is 0.142. The normalized spacial score (nSPS) is 20.7. The van der Waals surface area contributed by atoms with Crippen molar-refractivity contribution >= 4 is 12.2 Å². The van der Waals surface area contributed by atoms with Gasteiger partial charge in [-0.1, -0.05) is 0 Å². The van der Waals surface area contributed by atoms with Gasteiger partial charge in [0.2, 0.25) is 0 Å². The third-order valence-electron chi connectivity index (χ3n) is 4.86. The average Bonchev–Trinajstić information content (AvgIpc) is 3.36. The van der Waals surface area contributed by atoms with Crippen molar-refractivity contribution in [1.29, 1.82) is 5.26 Å². The van der Waals surface area contributed by atoms with Crippen molar-refractivity contribution in [3.8, 4) is 11.8 Å². The number of benzene rings is 1. The molecule has 4 rings (SSSR count). The number of nitriles is 1. The van der Waals surface area contributed by atoms with Crippen LogP contribution in [-0.2, 0) is 0 Å². The van der Waals surface area contributed by atoms with Crippen LogP contribution in [0.25, 0.3) is 0 Å². The number of halogens is 2. The summed E-state index contributed by atoms with van der Waals surface area (Å²) in [7, 11) is 0. The van der Waals surface area contributed by atoms with E-state index < -0.39 is 17.7 Å². The topological polar surface area (TPSA) is 81.8 Å². The summed E-state index contributed by atoms with van der Waals surface area (Å²) in [5.74, 6) is -0.866. The molecule has 1 fully saturated rings. The van der Waals surface area contributed by atoms with E-state index in [4.69, 9.17) is 10.00 Å². The van der Waals surface area contributed by atoms with Crippen molar-refractivity contribution < 1.29 is 18.3 Å². The van der Waals surface area contributed by atoms with Crippen LogP contribution in [0.5, 0.6) is 5.75 Å². The minimum Gasteiger partial charge on any atom is -0.488 e. The lowest BCUT2D eigenvalue weighted by Gasteiger charge is -2.27. The Labute approximate surface area is 165 Å².